The summed E-state index contributed by atoms with van der Waals surface area (Å²) in [5, 5.41) is 1.91. The van der Waals surface area contributed by atoms with E-state index in [0.29, 0.717) is 0 Å². The van der Waals surface area contributed by atoms with Crippen LogP contribution in [-0.4, -0.2) is 14.2 Å². The molecule has 2 rings (SSSR count). The number of rotatable bonds is 2. The maximum Gasteiger partial charge on any atom is 0.175 e. The highest BCUT2D eigenvalue weighted by Crippen LogP contribution is 2.40. The molecule has 2 aromatic heterocycles. The SMILES string of the molecule is COc1cc2sc(OC)cc2s1. The van der Waals surface area contributed by atoms with Crippen molar-refractivity contribution in [3.8, 4) is 10.1 Å². The van der Waals surface area contributed by atoms with E-state index in [0.717, 1.165) is 10.1 Å². The predicted octanol–water partition coefficient (Wildman–Crippen LogP) is 2.98. The van der Waals surface area contributed by atoms with Crippen LogP contribution in [0.4, 0.5) is 0 Å². The largest absolute Gasteiger partial charge is 0.487 e. The molecule has 2 nitrogen and oxygen atoms in total. The lowest BCUT2D eigenvalue weighted by Crippen LogP contribution is -1.74. The van der Waals surface area contributed by atoms with E-state index >= 15 is 0 Å². The van der Waals surface area contributed by atoms with Crippen LogP contribution >= 0.6 is 22.7 Å². The van der Waals surface area contributed by atoms with Crippen molar-refractivity contribution in [2.45, 2.75) is 0 Å². The van der Waals surface area contributed by atoms with Crippen molar-refractivity contribution in [1.82, 2.24) is 0 Å². The van der Waals surface area contributed by atoms with Crippen LogP contribution < -0.4 is 9.47 Å². The van der Waals surface area contributed by atoms with E-state index in [1.807, 2.05) is 12.1 Å². The molecule has 64 valence electrons. The van der Waals surface area contributed by atoms with Gasteiger partial charge < -0.3 is 9.47 Å². The topological polar surface area (TPSA) is 18.5 Å². The third kappa shape index (κ3) is 1.17. The van der Waals surface area contributed by atoms with Crippen LogP contribution in [0.25, 0.3) is 9.40 Å². The van der Waals surface area contributed by atoms with Crippen molar-refractivity contribution >= 4 is 32.1 Å². The number of methoxy groups -OCH3 is 2. The molecule has 0 radical (unpaired) electrons. The average Bonchev–Trinajstić information content (AvgIpc) is 2.59. The lowest BCUT2D eigenvalue weighted by molar-refractivity contribution is 0.427. The Labute approximate surface area is 78.4 Å². The van der Waals surface area contributed by atoms with Gasteiger partial charge >= 0.3 is 0 Å². The van der Waals surface area contributed by atoms with E-state index in [-0.39, 0.29) is 0 Å². The maximum absolute atomic E-state index is 5.12. The Kier molecular flexibility index (Phi) is 1.94. The van der Waals surface area contributed by atoms with E-state index in [9.17, 15) is 0 Å². The number of hydrogen-bond donors (Lipinski definition) is 0. The molecule has 0 unspecified atom stereocenters. The minimum Gasteiger partial charge on any atom is -0.487 e. The third-order valence-electron chi connectivity index (χ3n) is 1.56. The normalized spacial score (nSPS) is 10.5. The molecule has 0 aromatic carbocycles. The molecular weight excluding hydrogens is 192 g/mol. The smallest absolute Gasteiger partial charge is 0.175 e. The highest BCUT2D eigenvalue weighted by molar-refractivity contribution is 7.29. The number of hydrogen-bond acceptors (Lipinski definition) is 4. The van der Waals surface area contributed by atoms with Crippen LogP contribution in [0.1, 0.15) is 0 Å². The molecule has 2 heterocycles. The summed E-state index contributed by atoms with van der Waals surface area (Å²) in [6.07, 6.45) is 0. The van der Waals surface area contributed by atoms with Crippen LogP contribution in [0, 0.1) is 0 Å². The van der Waals surface area contributed by atoms with Crippen molar-refractivity contribution in [1.29, 1.82) is 0 Å². The Bertz CT molecular complexity index is 324. The van der Waals surface area contributed by atoms with Gasteiger partial charge in [0.25, 0.3) is 0 Å². The van der Waals surface area contributed by atoms with E-state index in [1.165, 1.54) is 9.40 Å². The van der Waals surface area contributed by atoms with E-state index in [1.54, 1.807) is 36.9 Å². The summed E-state index contributed by atoms with van der Waals surface area (Å²) < 4.78 is 12.7. The molecule has 0 N–H and O–H groups in total. The van der Waals surface area contributed by atoms with Crippen LogP contribution in [-0.2, 0) is 0 Å². The summed E-state index contributed by atoms with van der Waals surface area (Å²) in [5.41, 5.74) is 0. The molecule has 0 aliphatic rings. The molecule has 0 saturated heterocycles. The van der Waals surface area contributed by atoms with Gasteiger partial charge in [-0.3, -0.25) is 0 Å². The monoisotopic (exact) mass is 200 g/mol. The average molecular weight is 200 g/mol. The van der Waals surface area contributed by atoms with Gasteiger partial charge in [-0.05, 0) is 0 Å². The van der Waals surface area contributed by atoms with Crippen molar-refractivity contribution in [3.63, 3.8) is 0 Å². The zero-order valence-electron chi connectivity index (χ0n) is 6.79. The maximum atomic E-state index is 5.12. The molecule has 0 spiro atoms. The Balaban J connectivity index is 2.52. The Morgan fingerprint density at radius 1 is 0.917 bits per heavy atom. The fourth-order valence-electron chi connectivity index (χ4n) is 0.993. The molecule has 0 aliphatic carbocycles. The van der Waals surface area contributed by atoms with Crippen LogP contribution in [0.2, 0.25) is 0 Å². The van der Waals surface area contributed by atoms with Crippen LogP contribution in [0.3, 0.4) is 0 Å². The first kappa shape index (κ1) is 7.89. The van der Waals surface area contributed by atoms with Crippen molar-refractivity contribution in [3.05, 3.63) is 12.1 Å². The van der Waals surface area contributed by atoms with E-state index < -0.39 is 0 Å². The van der Waals surface area contributed by atoms with E-state index in [2.05, 4.69) is 0 Å². The lowest BCUT2D eigenvalue weighted by atomic mass is 10.5. The molecule has 0 amide bonds. The van der Waals surface area contributed by atoms with Gasteiger partial charge in [0, 0.05) is 12.1 Å². The second-order valence-electron chi connectivity index (χ2n) is 2.27. The zero-order chi connectivity index (χ0) is 8.55. The lowest BCUT2D eigenvalue weighted by Gasteiger charge is -1.90. The third-order valence-corrected chi connectivity index (χ3v) is 3.78. The summed E-state index contributed by atoms with van der Waals surface area (Å²) in [5.74, 6) is 0. The predicted molar refractivity (Wildman–Crippen MR) is 52.8 cm³/mol. The van der Waals surface area contributed by atoms with Crippen molar-refractivity contribution < 1.29 is 9.47 Å². The molecule has 0 atom stereocenters. The van der Waals surface area contributed by atoms with Gasteiger partial charge in [-0.2, -0.15) is 0 Å². The molecule has 0 fully saturated rings. The molecular formula is C8H8O2S2. The number of ether oxygens (including phenoxy) is 2. The van der Waals surface area contributed by atoms with Gasteiger partial charge in [0.15, 0.2) is 10.1 Å². The first-order chi connectivity index (χ1) is 5.83. The van der Waals surface area contributed by atoms with Gasteiger partial charge in [0.05, 0.1) is 23.6 Å². The van der Waals surface area contributed by atoms with E-state index in [4.69, 9.17) is 9.47 Å². The highest BCUT2D eigenvalue weighted by atomic mass is 32.1. The summed E-state index contributed by atoms with van der Waals surface area (Å²) in [6, 6.07) is 4.07. The Morgan fingerprint density at radius 2 is 1.33 bits per heavy atom. The van der Waals surface area contributed by atoms with Crippen LogP contribution in [0.15, 0.2) is 12.1 Å². The first-order valence-corrected chi connectivity index (χ1v) is 5.08. The summed E-state index contributed by atoms with van der Waals surface area (Å²) >= 11 is 3.28. The molecule has 2 aromatic rings. The summed E-state index contributed by atoms with van der Waals surface area (Å²) in [4.78, 5) is 0. The fourth-order valence-corrected chi connectivity index (χ4v) is 3.00. The molecule has 0 aliphatic heterocycles. The number of fused-ring (bicyclic) bond motifs is 1. The Hall–Kier alpha value is -0.740. The van der Waals surface area contributed by atoms with Crippen molar-refractivity contribution in [2.24, 2.45) is 0 Å². The minimum atomic E-state index is 0.957. The second kappa shape index (κ2) is 2.95. The van der Waals surface area contributed by atoms with Gasteiger partial charge in [0.2, 0.25) is 0 Å². The molecule has 12 heavy (non-hydrogen) atoms. The summed E-state index contributed by atoms with van der Waals surface area (Å²) in [7, 11) is 3.37. The second-order valence-corrected chi connectivity index (χ2v) is 4.36. The number of thiophene rings is 2. The van der Waals surface area contributed by atoms with Gasteiger partial charge in [-0.15, -0.1) is 0 Å². The van der Waals surface area contributed by atoms with Gasteiger partial charge in [0.1, 0.15) is 0 Å². The molecule has 4 heteroatoms. The fraction of sp³-hybridized carbons (Fsp3) is 0.250. The first-order valence-electron chi connectivity index (χ1n) is 3.45. The Morgan fingerprint density at radius 3 is 1.67 bits per heavy atom. The van der Waals surface area contributed by atoms with Crippen LogP contribution in [0.5, 0.6) is 10.1 Å². The minimum absolute atomic E-state index is 0.957. The standard InChI is InChI=1S/C8H8O2S2/c1-9-7-3-5-6(11-7)4-8(10-2)12-5/h3-4H,1-2H3. The molecule has 0 bridgehead atoms. The van der Waals surface area contributed by atoms with Gasteiger partial charge in [-0.1, -0.05) is 22.7 Å². The van der Waals surface area contributed by atoms with Gasteiger partial charge in [-0.25, -0.2) is 0 Å². The molecule has 0 saturated carbocycles. The highest BCUT2D eigenvalue weighted by Gasteiger charge is 2.06. The van der Waals surface area contributed by atoms with Crippen molar-refractivity contribution in [2.75, 3.05) is 14.2 Å². The summed E-state index contributed by atoms with van der Waals surface area (Å²) in [6.45, 7) is 0. The quantitative estimate of drug-likeness (QED) is 0.742. The zero-order valence-corrected chi connectivity index (χ0v) is 8.42.